The zero-order valence-corrected chi connectivity index (χ0v) is 14.1. The van der Waals surface area contributed by atoms with Crippen molar-refractivity contribution in [3.8, 4) is 0 Å². The molecule has 0 aliphatic carbocycles. The van der Waals surface area contributed by atoms with Gasteiger partial charge in [-0.1, -0.05) is 18.2 Å². The van der Waals surface area contributed by atoms with Gasteiger partial charge in [-0.15, -0.1) is 0 Å². The lowest BCUT2D eigenvalue weighted by molar-refractivity contribution is -0.382. The number of aliphatic hydroxyl groups excluding tert-OH is 1. The fourth-order valence-corrected chi connectivity index (χ4v) is 3.44. The summed E-state index contributed by atoms with van der Waals surface area (Å²) in [5, 5.41) is 28.6. The fourth-order valence-electron chi connectivity index (χ4n) is 3.44. The molecular formula is C17H17N5O4. The van der Waals surface area contributed by atoms with Gasteiger partial charge >= 0.3 is 5.69 Å². The number of hydrogen-bond acceptors (Lipinski definition) is 8. The summed E-state index contributed by atoms with van der Waals surface area (Å²) in [7, 11) is 1.69. The van der Waals surface area contributed by atoms with Crippen LogP contribution in [0.25, 0.3) is 11.0 Å². The van der Waals surface area contributed by atoms with Crippen molar-refractivity contribution in [1.29, 1.82) is 0 Å². The molecule has 0 saturated carbocycles. The lowest BCUT2D eigenvalue weighted by Crippen LogP contribution is -2.23. The highest BCUT2D eigenvalue weighted by atomic mass is 16.6. The first-order valence-corrected chi connectivity index (χ1v) is 8.23. The summed E-state index contributed by atoms with van der Waals surface area (Å²) >= 11 is 0. The standard InChI is InChI=1S/C17H17N5O4/c1-20(8-9-23)14-10-13(15-16(19-26-18-15)17(14)22(24)25)21-7-6-11-4-2-3-5-12(11)21/h2-5,10,23H,6-9H2,1H3. The fraction of sp³-hybridized carbons (Fsp3) is 0.294. The Morgan fingerprint density at radius 3 is 2.85 bits per heavy atom. The Bertz CT molecular complexity index is 986. The van der Waals surface area contributed by atoms with E-state index in [0.29, 0.717) is 16.9 Å². The van der Waals surface area contributed by atoms with Crippen LogP contribution in [-0.2, 0) is 6.42 Å². The number of likely N-dealkylation sites (N-methyl/N-ethyl adjacent to an activating group) is 1. The van der Waals surface area contributed by atoms with E-state index in [1.54, 1.807) is 18.0 Å². The number of aliphatic hydroxyl groups is 1. The van der Waals surface area contributed by atoms with E-state index in [1.165, 1.54) is 5.56 Å². The smallest absolute Gasteiger partial charge is 0.323 e. The summed E-state index contributed by atoms with van der Waals surface area (Å²) in [6.07, 6.45) is 0.877. The Hall–Kier alpha value is -3.20. The summed E-state index contributed by atoms with van der Waals surface area (Å²) in [5.41, 5.74) is 3.62. The maximum absolute atomic E-state index is 11.7. The molecule has 0 fully saturated rings. The number of rotatable bonds is 5. The minimum Gasteiger partial charge on any atom is -0.395 e. The number of benzene rings is 2. The van der Waals surface area contributed by atoms with Crippen molar-refractivity contribution in [1.82, 2.24) is 10.3 Å². The quantitative estimate of drug-likeness (QED) is 0.548. The van der Waals surface area contributed by atoms with Gasteiger partial charge in [-0.25, -0.2) is 4.63 Å². The van der Waals surface area contributed by atoms with Crippen LogP contribution in [-0.4, -0.2) is 47.1 Å². The molecule has 0 atom stereocenters. The predicted octanol–water partition coefficient (Wildman–Crippen LogP) is 2.25. The van der Waals surface area contributed by atoms with Crippen LogP contribution < -0.4 is 9.80 Å². The summed E-state index contributed by atoms with van der Waals surface area (Å²) in [6.45, 7) is 0.876. The van der Waals surface area contributed by atoms with Gasteiger partial charge in [0.1, 0.15) is 5.69 Å². The second kappa shape index (κ2) is 6.26. The number of aromatic nitrogens is 2. The summed E-state index contributed by atoms with van der Waals surface area (Å²) in [4.78, 5) is 14.9. The number of nitrogens with zero attached hydrogens (tertiary/aromatic N) is 5. The van der Waals surface area contributed by atoms with Gasteiger partial charge < -0.3 is 14.9 Å². The van der Waals surface area contributed by atoms with Crippen molar-refractivity contribution >= 4 is 33.8 Å². The van der Waals surface area contributed by atoms with E-state index in [1.807, 2.05) is 18.2 Å². The van der Waals surface area contributed by atoms with Crippen LogP contribution in [0.1, 0.15) is 5.56 Å². The number of anilines is 3. The topological polar surface area (TPSA) is 109 Å². The molecule has 1 aromatic heterocycles. The van der Waals surface area contributed by atoms with Crippen molar-refractivity contribution in [2.24, 2.45) is 0 Å². The lowest BCUT2D eigenvalue weighted by Gasteiger charge is -2.23. The van der Waals surface area contributed by atoms with Crippen LogP contribution in [0, 0.1) is 10.1 Å². The Morgan fingerprint density at radius 2 is 2.08 bits per heavy atom. The Labute approximate surface area is 148 Å². The molecule has 0 saturated heterocycles. The summed E-state index contributed by atoms with van der Waals surface area (Å²) in [5.74, 6) is 0. The third kappa shape index (κ3) is 2.44. The van der Waals surface area contributed by atoms with Crippen LogP contribution in [0.2, 0.25) is 0 Å². The monoisotopic (exact) mass is 355 g/mol. The van der Waals surface area contributed by atoms with E-state index >= 15 is 0 Å². The molecule has 2 aromatic carbocycles. The number of hydrogen-bond donors (Lipinski definition) is 1. The van der Waals surface area contributed by atoms with Crippen molar-refractivity contribution in [3.63, 3.8) is 0 Å². The highest BCUT2D eigenvalue weighted by molar-refractivity contribution is 6.01. The molecular weight excluding hydrogens is 338 g/mol. The molecule has 26 heavy (non-hydrogen) atoms. The highest BCUT2D eigenvalue weighted by Gasteiger charge is 2.31. The molecule has 0 spiro atoms. The van der Waals surface area contributed by atoms with Crippen LogP contribution in [0.5, 0.6) is 0 Å². The zero-order chi connectivity index (χ0) is 18.3. The van der Waals surface area contributed by atoms with Crippen molar-refractivity contribution < 1.29 is 14.7 Å². The molecule has 0 bridgehead atoms. The van der Waals surface area contributed by atoms with Gasteiger partial charge in [-0.05, 0) is 34.4 Å². The summed E-state index contributed by atoms with van der Waals surface area (Å²) in [6, 6.07) is 9.76. The molecule has 4 rings (SSSR count). The molecule has 1 aliphatic rings. The van der Waals surface area contributed by atoms with Gasteiger partial charge in [0, 0.05) is 25.8 Å². The van der Waals surface area contributed by atoms with Gasteiger partial charge in [0.25, 0.3) is 0 Å². The van der Waals surface area contributed by atoms with Gasteiger partial charge in [-0.2, -0.15) is 0 Å². The van der Waals surface area contributed by atoms with E-state index in [2.05, 4.69) is 21.3 Å². The number of nitro groups is 1. The molecule has 3 aromatic rings. The number of nitro benzene ring substituents is 1. The Kier molecular flexibility index (Phi) is 3.92. The predicted molar refractivity (Wildman–Crippen MR) is 96.0 cm³/mol. The molecule has 2 heterocycles. The molecule has 1 N–H and O–H groups in total. The van der Waals surface area contributed by atoms with Crippen molar-refractivity contribution in [2.75, 3.05) is 36.5 Å². The van der Waals surface area contributed by atoms with Crippen LogP contribution in [0.4, 0.5) is 22.7 Å². The number of para-hydroxylation sites is 1. The normalized spacial score (nSPS) is 13.2. The van der Waals surface area contributed by atoms with Crippen LogP contribution in [0.3, 0.4) is 0 Å². The average Bonchev–Trinajstić information content (AvgIpc) is 3.27. The maximum atomic E-state index is 11.7. The first kappa shape index (κ1) is 16.3. The van der Waals surface area contributed by atoms with Gasteiger partial charge in [0.2, 0.25) is 5.52 Å². The molecule has 9 heteroatoms. The maximum Gasteiger partial charge on any atom is 0.323 e. The Morgan fingerprint density at radius 1 is 1.31 bits per heavy atom. The second-order valence-electron chi connectivity index (χ2n) is 6.16. The van der Waals surface area contributed by atoms with Gasteiger partial charge in [-0.3, -0.25) is 10.1 Å². The van der Waals surface area contributed by atoms with E-state index in [4.69, 9.17) is 4.63 Å². The third-order valence-corrected chi connectivity index (χ3v) is 4.68. The zero-order valence-electron chi connectivity index (χ0n) is 14.1. The minimum absolute atomic E-state index is 0.108. The third-order valence-electron chi connectivity index (χ3n) is 4.68. The summed E-state index contributed by atoms with van der Waals surface area (Å²) < 4.78 is 4.84. The van der Waals surface area contributed by atoms with Crippen molar-refractivity contribution in [3.05, 3.63) is 46.0 Å². The first-order valence-electron chi connectivity index (χ1n) is 8.23. The van der Waals surface area contributed by atoms with Crippen LogP contribution in [0.15, 0.2) is 35.0 Å². The van der Waals surface area contributed by atoms with Gasteiger partial charge in [0.15, 0.2) is 5.52 Å². The molecule has 0 amide bonds. The SMILES string of the molecule is CN(CCO)c1cc(N2CCc3ccccc32)c2nonc2c1[N+](=O)[O-]. The number of fused-ring (bicyclic) bond motifs is 2. The van der Waals surface area contributed by atoms with Crippen LogP contribution >= 0.6 is 0 Å². The van der Waals surface area contributed by atoms with E-state index < -0.39 is 4.92 Å². The molecule has 1 aliphatic heterocycles. The van der Waals surface area contributed by atoms with Gasteiger partial charge in [0.05, 0.1) is 17.2 Å². The van der Waals surface area contributed by atoms with E-state index in [9.17, 15) is 15.2 Å². The largest absolute Gasteiger partial charge is 0.395 e. The van der Waals surface area contributed by atoms with E-state index in [0.717, 1.165) is 18.7 Å². The minimum atomic E-state index is -0.489. The molecule has 0 radical (unpaired) electrons. The lowest BCUT2D eigenvalue weighted by atomic mass is 10.1. The van der Waals surface area contributed by atoms with E-state index in [-0.39, 0.29) is 24.4 Å². The van der Waals surface area contributed by atoms with Crippen molar-refractivity contribution in [2.45, 2.75) is 6.42 Å². The second-order valence-corrected chi connectivity index (χ2v) is 6.16. The molecule has 134 valence electrons. The highest BCUT2D eigenvalue weighted by Crippen LogP contribution is 2.44. The first-order chi connectivity index (χ1) is 12.6. The average molecular weight is 355 g/mol. The molecule has 9 nitrogen and oxygen atoms in total. The molecule has 0 unspecified atom stereocenters. The Balaban J connectivity index is 1.95.